The smallest absolute Gasteiger partial charge is 0.237 e. The Kier molecular flexibility index (Phi) is 6.73. The fourth-order valence-electron chi connectivity index (χ4n) is 2.94. The molecule has 3 rings (SSSR count). The Morgan fingerprint density at radius 3 is 2.69 bits per heavy atom. The molecule has 5 nitrogen and oxygen atoms in total. The molecular formula is C18H22Cl2N4OS. The van der Waals surface area contributed by atoms with Crippen molar-refractivity contribution in [3.8, 4) is 0 Å². The van der Waals surface area contributed by atoms with Gasteiger partial charge in [0.15, 0.2) is 0 Å². The van der Waals surface area contributed by atoms with Crippen LogP contribution in [0.25, 0.3) is 0 Å². The molecule has 26 heavy (non-hydrogen) atoms. The van der Waals surface area contributed by atoms with Crippen LogP contribution in [0.5, 0.6) is 0 Å². The summed E-state index contributed by atoms with van der Waals surface area (Å²) in [6.45, 7) is 4.26. The summed E-state index contributed by atoms with van der Waals surface area (Å²) in [6, 6.07) is 7.78. The van der Waals surface area contributed by atoms with Gasteiger partial charge < -0.3 is 10.2 Å². The number of alkyl halides is 1. The number of amides is 1. The van der Waals surface area contributed by atoms with Gasteiger partial charge in [-0.3, -0.25) is 4.79 Å². The number of aromatic nitrogens is 2. The van der Waals surface area contributed by atoms with Crippen LogP contribution in [-0.2, 0) is 11.2 Å². The zero-order valence-electron chi connectivity index (χ0n) is 14.6. The highest BCUT2D eigenvalue weighted by molar-refractivity contribution is 7.09. The van der Waals surface area contributed by atoms with Gasteiger partial charge >= 0.3 is 0 Å². The molecule has 0 bridgehead atoms. The van der Waals surface area contributed by atoms with Crippen molar-refractivity contribution in [1.82, 2.24) is 14.7 Å². The Morgan fingerprint density at radius 1 is 1.35 bits per heavy atom. The zero-order chi connectivity index (χ0) is 18.5. The molecule has 1 saturated heterocycles. The Bertz CT molecular complexity index is 727. The molecule has 1 unspecified atom stereocenters. The highest BCUT2D eigenvalue weighted by Crippen LogP contribution is 2.25. The quantitative estimate of drug-likeness (QED) is 0.733. The van der Waals surface area contributed by atoms with E-state index < -0.39 is 5.38 Å². The van der Waals surface area contributed by atoms with E-state index >= 15 is 0 Å². The molecule has 140 valence electrons. The Morgan fingerprint density at radius 2 is 2.04 bits per heavy atom. The average molecular weight is 413 g/mol. The fraction of sp³-hybridized carbons (Fsp3) is 0.500. The molecule has 1 fully saturated rings. The van der Waals surface area contributed by atoms with Crippen molar-refractivity contribution in [2.24, 2.45) is 5.92 Å². The molecule has 1 aromatic carbocycles. The summed E-state index contributed by atoms with van der Waals surface area (Å²) >= 11 is 13.2. The Labute approximate surface area is 167 Å². The maximum absolute atomic E-state index is 11.6. The van der Waals surface area contributed by atoms with Crippen LogP contribution in [0.3, 0.4) is 0 Å². The number of carbonyl (C=O) groups is 1. The minimum absolute atomic E-state index is 0.0925. The third-order valence-corrected chi connectivity index (χ3v) is 5.81. The van der Waals surface area contributed by atoms with Crippen molar-refractivity contribution in [1.29, 1.82) is 0 Å². The Hall–Kier alpha value is -1.37. The highest BCUT2D eigenvalue weighted by Gasteiger charge is 2.22. The number of nitrogens with zero attached hydrogens (tertiary/aromatic N) is 3. The van der Waals surface area contributed by atoms with E-state index in [0.717, 1.165) is 47.5 Å². The minimum Gasteiger partial charge on any atom is -0.355 e. The lowest BCUT2D eigenvalue weighted by Gasteiger charge is -2.31. The number of carbonyl (C=O) groups excluding carboxylic acids is 1. The first-order valence-electron chi connectivity index (χ1n) is 8.75. The maximum atomic E-state index is 11.6. The van der Waals surface area contributed by atoms with Crippen LogP contribution in [-0.4, -0.2) is 40.3 Å². The van der Waals surface area contributed by atoms with E-state index in [9.17, 15) is 4.79 Å². The van der Waals surface area contributed by atoms with Crippen LogP contribution in [0.2, 0.25) is 5.02 Å². The van der Waals surface area contributed by atoms with E-state index in [1.807, 2.05) is 24.3 Å². The van der Waals surface area contributed by atoms with Gasteiger partial charge in [-0.2, -0.15) is 4.37 Å². The lowest BCUT2D eigenvalue weighted by Crippen LogP contribution is -2.40. The normalized spacial score (nSPS) is 16.5. The van der Waals surface area contributed by atoms with Crippen molar-refractivity contribution in [2.75, 3.05) is 24.5 Å². The van der Waals surface area contributed by atoms with Crippen LogP contribution in [0.15, 0.2) is 24.3 Å². The molecule has 2 heterocycles. The first-order valence-corrected chi connectivity index (χ1v) is 10.3. The van der Waals surface area contributed by atoms with E-state index in [1.165, 1.54) is 11.5 Å². The number of hydrogen-bond acceptors (Lipinski definition) is 5. The molecule has 1 amide bonds. The van der Waals surface area contributed by atoms with Gasteiger partial charge in [0, 0.05) is 42.6 Å². The first kappa shape index (κ1) is 19.4. The molecule has 1 aromatic heterocycles. The number of rotatable bonds is 6. The van der Waals surface area contributed by atoms with Crippen molar-refractivity contribution in [3.63, 3.8) is 0 Å². The second kappa shape index (κ2) is 9.02. The summed E-state index contributed by atoms with van der Waals surface area (Å²) in [5.41, 5.74) is 1.15. The van der Waals surface area contributed by atoms with Gasteiger partial charge in [0.1, 0.15) is 11.2 Å². The molecular weight excluding hydrogens is 391 g/mol. The number of piperidine rings is 1. The minimum atomic E-state index is -0.476. The molecule has 0 saturated carbocycles. The molecule has 1 aliphatic rings. The van der Waals surface area contributed by atoms with E-state index in [2.05, 4.69) is 19.6 Å². The monoisotopic (exact) mass is 412 g/mol. The molecule has 1 atom stereocenters. The van der Waals surface area contributed by atoms with Gasteiger partial charge in [-0.1, -0.05) is 23.7 Å². The number of hydrogen-bond donors (Lipinski definition) is 1. The first-order chi connectivity index (χ1) is 12.5. The summed E-state index contributed by atoms with van der Waals surface area (Å²) in [5, 5.41) is 4.16. The van der Waals surface area contributed by atoms with Gasteiger partial charge in [0.2, 0.25) is 11.0 Å². The number of benzene rings is 1. The zero-order valence-corrected chi connectivity index (χ0v) is 16.9. The molecule has 0 radical (unpaired) electrons. The molecule has 2 aromatic rings. The van der Waals surface area contributed by atoms with Gasteiger partial charge in [0.25, 0.3) is 0 Å². The van der Waals surface area contributed by atoms with Gasteiger partial charge in [-0.05, 0) is 43.4 Å². The van der Waals surface area contributed by atoms with Crippen LogP contribution in [0.4, 0.5) is 5.13 Å². The van der Waals surface area contributed by atoms with Crippen LogP contribution in [0, 0.1) is 5.92 Å². The van der Waals surface area contributed by atoms with Crippen molar-refractivity contribution in [2.45, 2.75) is 31.6 Å². The third-order valence-electron chi connectivity index (χ3n) is 4.54. The van der Waals surface area contributed by atoms with E-state index in [1.54, 1.807) is 6.92 Å². The summed E-state index contributed by atoms with van der Waals surface area (Å²) in [5.74, 6) is 1.25. The van der Waals surface area contributed by atoms with Crippen molar-refractivity contribution >= 4 is 45.8 Å². The predicted molar refractivity (Wildman–Crippen MR) is 107 cm³/mol. The second-order valence-electron chi connectivity index (χ2n) is 6.59. The molecule has 8 heteroatoms. The summed E-state index contributed by atoms with van der Waals surface area (Å²) < 4.78 is 4.49. The number of nitrogens with one attached hydrogen (secondary N) is 1. The summed E-state index contributed by atoms with van der Waals surface area (Å²) in [4.78, 5) is 18.5. The topological polar surface area (TPSA) is 58.1 Å². The van der Waals surface area contributed by atoms with Crippen LogP contribution >= 0.6 is 34.7 Å². The van der Waals surface area contributed by atoms with E-state index in [4.69, 9.17) is 23.2 Å². The molecule has 0 spiro atoms. The summed E-state index contributed by atoms with van der Waals surface area (Å²) in [7, 11) is 0. The maximum Gasteiger partial charge on any atom is 0.237 e. The fourth-order valence-corrected chi connectivity index (χ4v) is 3.88. The predicted octanol–water partition coefficient (Wildman–Crippen LogP) is 3.74. The average Bonchev–Trinajstić information content (AvgIpc) is 3.10. The largest absolute Gasteiger partial charge is 0.355 e. The van der Waals surface area contributed by atoms with Gasteiger partial charge in [-0.15, -0.1) is 11.6 Å². The standard InChI is InChI=1S/C18H22Cl2N4OS/c1-12(19)17(25)21-11-14-6-8-24(9-7-14)18-22-16(23-26-18)10-13-2-4-15(20)5-3-13/h2-5,12,14H,6-11H2,1H3,(H,21,25). The second-order valence-corrected chi connectivity index (χ2v) is 8.41. The van der Waals surface area contributed by atoms with Crippen molar-refractivity contribution in [3.05, 3.63) is 40.7 Å². The van der Waals surface area contributed by atoms with E-state index in [-0.39, 0.29) is 5.91 Å². The van der Waals surface area contributed by atoms with Crippen LogP contribution in [0.1, 0.15) is 31.2 Å². The van der Waals surface area contributed by atoms with Gasteiger partial charge in [-0.25, -0.2) is 4.98 Å². The molecule has 0 aliphatic carbocycles. The SMILES string of the molecule is CC(Cl)C(=O)NCC1CCN(c2nc(Cc3ccc(Cl)cc3)ns2)CC1. The Balaban J connectivity index is 1.48. The molecule has 1 aliphatic heterocycles. The van der Waals surface area contributed by atoms with Crippen LogP contribution < -0.4 is 10.2 Å². The lowest BCUT2D eigenvalue weighted by molar-refractivity contribution is -0.120. The molecule has 1 N–H and O–H groups in total. The van der Waals surface area contributed by atoms with Crippen molar-refractivity contribution < 1.29 is 4.79 Å². The number of anilines is 1. The lowest BCUT2D eigenvalue weighted by atomic mass is 9.97. The number of halogens is 2. The summed E-state index contributed by atoms with van der Waals surface area (Å²) in [6.07, 6.45) is 2.78. The third kappa shape index (κ3) is 5.32. The van der Waals surface area contributed by atoms with Gasteiger partial charge in [0.05, 0.1) is 0 Å². The van der Waals surface area contributed by atoms with E-state index in [0.29, 0.717) is 18.9 Å². The highest BCUT2D eigenvalue weighted by atomic mass is 35.5.